The van der Waals surface area contributed by atoms with Crippen molar-refractivity contribution in [1.82, 2.24) is 10.6 Å². The second kappa shape index (κ2) is 5.76. The van der Waals surface area contributed by atoms with Gasteiger partial charge in [-0.05, 0) is 37.0 Å². The van der Waals surface area contributed by atoms with Crippen LogP contribution in [-0.4, -0.2) is 35.1 Å². The van der Waals surface area contributed by atoms with Crippen LogP contribution in [0.4, 0.5) is 0 Å². The highest BCUT2D eigenvalue weighted by Crippen LogP contribution is 2.68. The number of aliphatic hydroxyl groups excluding tert-OH is 1. The Morgan fingerprint density at radius 1 is 1.17 bits per heavy atom. The van der Waals surface area contributed by atoms with E-state index >= 15 is 0 Å². The number of carbonyl (C=O) groups is 2. The molecule has 0 spiro atoms. The molecule has 2 fully saturated rings. The maximum atomic E-state index is 12.4. The minimum Gasteiger partial charge on any atom is -0.393 e. The van der Waals surface area contributed by atoms with Crippen LogP contribution in [0.25, 0.3) is 0 Å². The topological polar surface area (TPSA) is 78.4 Å². The normalized spacial score (nSPS) is 26.0. The standard InChI is InChI=1S/C18H32N2O3/c1-7-12(11(2)21)14(22)20-18(8-9-18)10-19-15(23)13-16(3,4)17(13,5)6/h11-13,21H,7-10H2,1-6H3,(H,19,23)(H,20,22). The van der Waals surface area contributed by atoms with Crippen molar-refractivity contribution >= 4 is 11.8 Å². The Balaban J connectivity index is 1.86. The fraction of sp³-hybridized carbons (Fsp3) is 0.889. The maximum absolute atomic E-state index is 12.4. The summed E-state index contributed by atoms with van der Waals surface area (Å²) in [5, 5.41) is 15.8. The van der Waals surface area contributed by atoms with E-state index in [4.69, 9.17) is 0 Å². The van der Waals surface area contributed by atoms with E-state index in [0.717, 1.165) is 12.8 Å². The third-order valence-corrected chi connectivity index (χ3v) is 6.48. The zero-order chi connectivity index (χ0) is 17.6. The van der Waals surface area contributed by atoms with Crippen molar-refractivity contribution in [3.63, 3.8) is 0 Å². The van der Waals surface area contributed by atoms with E-state index in [1.165, 1.54) is 0 Å². The first kappa shape index (κ1) is 18.2. The summed E-state index contributed by atoms with van der Waals surface area (Å²) in [6.45, 7) is 12.5. The third kappa shape index (κ3) is 3.25. The lowest BCUT2D eigenvalue weighted by Gasteiger charge is -2.23. The summed E-state index contributed by atoms with van der Waals surface area (Å²) in [6.07, 6.45) is 1.72. The fourth-order valence-corrected chi connectivity index (χ4v) is 3.81. The van der Waals surface area contributed by atoms with E-state index in [1.54, 1.807) is 6.92 Å². The zero-order valence-electron chi connectivity index (χ0n) is 15.3. The molecule has 0 aliphatic heterocycles. The lowest BCUT2D eigenvalue weighted by Crippen LogP contribution is -2.49. The first-order valence-electron chi connectivity index (χ1n) is 8.76. The van der Waals surface area contributed by atoms with Crippen molar-refractivity contribution in [3.05, 3.63) is 0 Å². The molecular formula is C18H32N2O3. The van der Waals surface area contributed by atoms with Gasteiger partial charge < -0.3 is 15.7 Å². The molecule has 2 saturated carbocycles. The molecule has 2 amide bonds. The van der Waals surface area contributed by atoms with Crippen LogP contribution in [0.15, 0.2) is 0 Å². The van der Waals surface area contributed by atoms with Gasteiger partial charge in [-0.2, -0.15) is 0 Å². The molecule has 2 rings (SSSR count). The summed E-state index contributed by atoms with van der Waals surface area (Å²) in [5.41, 5.74) is -0.258. The molecule has 0 heterocycles. The summed E-state index contributed by atoms with van der Waals surface area (Å²) in [5.74, 6) is -0.378. The number of aliphatic hydroxyl groups is 1. The van der Waals surface area contributed by atoms with Gasteiger partial charge in [0.25, 0.3) is 0 Å². The van der Waals surface area contributed by atoms with Crippen LogP contribution >= 0.6 is 0 Å². The summed E-state index contributed by atoms with van der Waals surface area (Å²) < 4.78 is 0. The first-order chi connectivity index (χ1) is 10.5. The largest absolute Gasteiger partial charge is 0.393 e. The van der Waals surface area contributed by atoms with Gasteiger partial charge >= 0.3 is 0 Å². The van der Waals surface area contributed by atoms with Crippen LogP contribution in [0.3, 0.4) is 0 Å². The first-order valence-corrected chi connectivity index (χ1v) is 8.76. The van der Waals surface area contributed by atoms with Crippen LogP contribution in [0.2, 0.25) is 0 Å². The molecule has 0 aromatic heterocycles. The van der Waals surface area contributed by atoms with E-state index in [-0.39, 0.29) is 40.0 Å². The molecule has 2 aliphatic carbocycles. The number of rotatable bonds is 7. The maximum Gasteiger partial charge on any atom is 0.226 e. The average Bonchev–Trinajstić information content (AvgIpc) is 3.24. The van der Waals surface area contributed by atoms with Crippen LogP contribution < -0.4 is 10.6 Å². The minimum absolute atomic E-state index is 0.0245. The van der Waals surface area contributed by atoms with Gasteiger partial charge in [0.2, 0.25) is 11.8 Å². The van der Waals surface area contributed by atoms with Crippen molar-refractivity contribution in [3.8, 4) is 0 Å². The van der Waals surface area contributed by atoms with Crippen molar-refractivity contribution in [2.45, 2.75) is 72.4 Å². The second-order valence-electron chi connectivity index (χ2n) is 8.62. The van der Waals surface area contributed by atoms with Crippen LogP contribution in [-0.2, 0) is 9.59 Å². The van der Waals surface area contributed by atoms with Gasteiger partial charge in [0.1, 0.15) is 0 Å². The van der Waals surface area contributed by atoms with Crippen molar-refractivity contribution in [2.75, 3.05) is 6.54 Å². The molecule has 5 nitrogen and oxygen atoms in total. The van der Waals surface area contributed by atoms with Gasteiger partial charge in [0, 0.05) is 12.5 Å². The van der Waals surface area contributed by atoms with Gasteiger partial charge in [0.15, 0.2) is 0 Å². The third-order valence-electron chi connectivity index (χ3n) is 6.48. The molecule has 0 radical (unpaired) electrons. The lowest BCUT2D eigenvalue weighted by atomic mass is 9.99. The van der Waals surface area contributed by atoms with Gasteiger partial charge in [-0.1, -0.05) is 34.6 Å². The number of carbonyl (C=O) groups excluding carboxylic acids is 2. The molecule has 0 aromatic rings. The molecule has 2 atom stereocenters. The van der Waals surface area contributed by atoms with Crippen LogP contribution in [0.1, 0.15) is 60.8 Å². The zero-order valence-corrected chi connectivity index (χ0v) is 15.3. The molecule has 0 saturated heterocycles. The Morgan fingerprint density at radius 2 is 1.70 bits per heavy atom. The van der Waals surface area contributed by atoms with Gasteiger partial charge in [0.05, 0.1) is 17.6 Å². The molecule has 23 heavy (non-hydrogen) atoms. The predicted molar refractivity (Wildman–Crippen MR) is 89.6 cm³/mol. The quantitative estimate of drug-likeness (QED) is 0.668. The fourth-order valence-electron chi connectivity index (χ4n) is 3.81. The molecule has 2 aliphatic rings. The van der Waals surface area contributed by atoms with Crippen LogP contribution in [0, 0.1) is 22.7 Å². The Kier molecular flexibility index (Phi) is 4.57. The van der Waals surface area contributed by atoms with Crippen molar-refractivity contribution in [2.24, 2.45) is 22.7 Å². The number of amides is 2. The summed E-state index contributed by atoms with van der Waals surface area (Å²) in [6, 6.07) is 0. The number of hydrogen-bond donors (Lipinski definition) is 3. The van der Waals surface area contributed by atoms with Crippen LogP contribution in [0.5, 0.6) is 0 Å². The second-order valence-corrected chi connectivity index (χ2v) is 8.62. The van der Waals surface area contributed by atoms with E-state index in [9.17, 15) is 14.7 Å². The highest BCUT2D eigenvalue weighted by molar-refractivity contribution is 5.84. The van der Waals surface area contributed by atoms with Crippen molar-refractivity contribution < 1.29 is 14.7 Å². The number of hydrogen-bond acceptors (Lipinski definition) is 3. The van der Waals surface area contributed by atoms with E-state index in [0.29, 0.717) is 13.0 Å². The average molecular weight is 324 g/mol. The monoisotopic (exact) mass is 324 g/mol. The lowest BCUT2D eigenvalue weighted by molar-refractivity contribution is -0.130. The molecule has 132 valence electrons. The molecule has 5 heteroatoms. The Labute approximate surface area is 139 Å². The smallest absolute Gasteiger partial charge is 0.226 e. The summed E-state index contributed by atoms with van der Waals surface area (Å²) in [7, 11) is 0. The Bertz CT molecular complexity index is 478. The van der Waals surface area contributed by atoms with E-state index < -0.39 is 6.10 Å². The Hall–Kier alpha value is -1.10. The summed E-state index contributed by atoms with van der Waals surface area (Å²) >= 11 is 0. The van der Waals surface area contributed by atoms with Gasteiger partial charge in [-0.15, -0.1) is 0 Å². The molecule has 3 N–H and O–H groups in total. The minimum atomic E-state index is -0.654. The van der Waals surface area contributed by atoms with E-state index in [2.05, 4.69) is 38.3 Å². The number of nitrogens with one attached hydrogen (secondary N) is 2. The molecule has 2 unspecified atom stereocenters. The Morgan fingerprint density at radius 3 is 2.04 bits per heavy atom. The predicted octanol–water partition coefficient (Wildman–Crippen LogP) is 1.84. The highest BCUT2D eigenvalue weighted by Gasteiger charge is 2.68. The molecular weight excluding hydrogens is 292 g/mol. The van der Waals surface area contributed by atoms with Crippen molar-refractivity contribution in [1.29, 1.82) is 0 Å². The highest BCUT2D eigenvalue weighted by atomic mass is 16.3. The van der Waals surface area contributed by atoms with E-state index in [1.807, 2.05) is 6.92 Å². The summed E-state index contributed by atoms with van der Waals surface area (Å²) in [4.78, 5) is 24.7. The molecule has 0 bridgehead atoms. The van der Waals surface area contributed by atoms with Gasteiger partial charge in [-0.3, -0.25) is 9.59 Å². The SMILES string of the molecule is CCC(C(=O)NC1(CNC(=O)C2C(C)(C)C2(C)C)CC1)C(C)O. The molecule has 0 aromatic carbocycles. The van der Waals surface area contributed by atoms with Gasteiger partial charge in [-0.25, -0.2) is 0 Å².